The number of nitrogens with one attached hydrogen (secondary N) is 1. The van der Waals surface area contributed by atoms with Crippen LogP contribution < -0.4 is 5.32 Å². The minimum Gasteiger partial charge on any atom is -0.379 e. The van der Waals surface area contributed by atoms with Gasteiger partial charge in [0, 0.05) is 30.2 Å². The van der Waals surface area contributed by atoms with E-state index in [4.69, 9.17) is 4.74 Å². The van der Waals surface area contributed by atoms with Gasteiger partial charge in [0.25, 0.3) is 0 Å². The number of ether oxygens (including phenoxy) is 1. The SMILES string of the molecule is C[C@H](C(=O)Nc1cccc(S(=O)(=O)N2CCOCC2)c1)N(C)Cc1cccs1. The van der Waals surface area contributed by atoms with E-state index in [9.17, 15) is 13.2 Å². The average Bonchev–Trinajstić information content (AvgIpc) is 3.21. The molecule has 3 rings (SSSR count). The minimum atomic E-state index is -3.60. The Morgan fingerprint density at radius 2 is 2.04 bits per heavy atom. The Labute approximate surface area is 170 Å². The first kappa shape index (κ1) is 20.9. The van der Waals surface area contributed by atoms with Crippen LogP contribution in [0.3, 0.4) is 0 Å². The topological polar surface area (TPSA) is 79.0 Å². The van der Waals surface area contributed by atoms with Crippen LogP contribution >= 0.6 is 11.3 Å². The molecule has 0 bridgehead atoms. The molecule has 1 atom stereocenters. The third-order valence-electron chi connectivity index (χ3n) is 4.74. The van der Waals surface area contributed by atoms with Gasteiger partial charge < -0.3 is 10.1 Å². The summed E-state index contributed by atoms with van der Waals surface area (Å²) in [4.78, 5) is 15.9. The standard InChI is InChI=1S/C19H25N3O4S2/c1-15(21(2)14-17-6-4-12-27-17)19(23)20-16-5-3-7-18(13-16)28(24,25)22-8-10-26-11-9-22/h3-7,12-13,15H,8-11,14H2,1-2H3,(H,20,23)/t15-/m1/s1. The number of nitrogens with zero attached hydrogens (tertiary/aromatic N) is 2. The third-order valence-corrected chi connectivity index (χ3v) is 7.49. The number of carbonyl (C=O) groups excluding carboxylic acids is 1. The van der Waals surface area contributed by atoms with Crippen LogP contribution in [0, 0.1) is 0 Å². The first-order valence-electron chi connectivity index (χ1n) is 9.09. The monoisotopic (exact) mass is 423 g/mol. The Morgan fingerprint density at radius 3 is 2.71 bits per heavy atom. The maximum atomic E-state index is 12.8. The van der Waals surface area contributed by atoms with Crippen LogP contribution in [0.15, 0.2) is 46.7 Å². The van der Waals surface area contributed by atoms with E-state index in [-0.39, 0.29) is 16.8 Å². The van der Waals surface area contributed by atoms with Crippen molar-refractivity contribution in [1.29, 1.82) is 0 Å². The van der Waals surface area contributed by atoms with E-state index in [1.807, 2.05) is 36.4 Å². The van der Waals surface area contributed by atoms with Crippen molar-refractivity contribution in [2.75, 3.05) is 38.7 Å². The maximum absolute atomic E-state index is 12.8. The first-order chi connectivity index (χ1) is 13.4. The lowest BCUT2D eigenvalue weighted by atomic mass is 10.2. The van der Waals surface area contributed by atoms with Gasteiger partial charge in [0.15, 0.2) is 0 Å². The van der Waals surface area contributed by atoms with Crippen molar-refractivity contribution in [2.24, 2.45) is 0 Å². The summed E-state index contributed by atoms with van der Waals surface area (Å²) in [6.45, 7) is 3.97. The maximum Gasteiger partial charge on any atom is 0.243 e. The van der Waals surface area contributed by atoms with Crippen molar-refractivity contribution in [1.82, 2.24) is 9.21 Å². The van der Waals surface area contributed by atoms with Gasteiger partial charge in [0.05, 0.1) is 24.2 Å². The van der Waals surface area contributed by atoms with Gasteiger partial charge in [-0.15, -0.1) is 11.3 Å². The molecule has 1 fully saturated rings. The molecule has 1 aliphatic rings. The number of morpholine rings is 1. The fourth-order valence-electron chi connectivity index (χ4n) is 2.90. The molecule has 1 aliphatic heterocycles. The molecule has 9 heteroatoms. The van der Waals surface area contributed by atoms with E-state index in [0.717, 1.165) is 0 Å². The van der Waals surface area contributed by atoms with E-state index in [1.54, 1.807) is 29.5 Å². The molecule has 0 aliphatic carbocycles. The lowest BCUT2D eigenvalue weighted by molar-refractivity contribution is -0.120. The summed E-state index contributed by atoms with van der Waals surface area (Å²) in [5.41, 5.74) is 0.468. The van der Waals surface area contributed by atoms with Crippen molar-refractivity contribution in [3.63, 3.8) is 0 Å². The molecule has 0 unspecified atom stereocenters. The third kappa shape index (κ3) is 4.98. The molecule has 1 aromatic carbocycles. The highest BCUT2D eigenvalue weighted by Gasteiger charge is 2.27. The van der Waals surface area contributed by atoms with Gasteiger partial charge in [0.1, 0.15) is 0 Å². The fourth-order valence-corrected chi connectivity index (χ4v) is 5.12. The van der Waals surface area contributed by atoms with Crippen LogP contribution in [0.25, 0.3) is 0 Å². The van der Waals surface area contributed by atoms with Gasteiger partial charge in [-0.2, -0.15) is 4.31 Å². The summed E-state index contributed by atoms with van der Waals surface area (Å²) in [5.74, 6) is -0.181. The minimum absolute atomic E-state index is 0.173. The molecule has 0 spiro atoms. The van der Waals surface area contributed by atoms with E-state index in [0.29, 0.717) is 38.5 Å². The summed E-state index contributed by atoms with van der Waals surface area (Å²) in [6.07, 6.45) is 0. The largest absolute Gasteiger partial charge is 0.379 e. The molecule has 0 radical (unpaired) electrons. The number of hydrogen-bond acceptors (Lipinski definition) is 6. The van der Waals surface area contributed by atoms with Crippen LogP contribution in [0.1, 0.15) is 11.8 Å². The van der Waals surface area contributed by atoms with Gasteiger partial charge in [-0.1, -0.05) is 12.1 Å². The number of likely N-dealkylation sites (N-methyl/N-ethyl adjacent to an activating group) is 1. The van der Waals surface area contributed by atoms with Gasteiger partial charge in [-0.3, -0.25) is 9.69 Å². The summed E-state index contributed by atoms with van der Waals surface area (Å²) in [6, 6.07) is 10.1. The highest BCUT2D eigenvalue weighted by molar-refractivity contribution is 7.89. The van der Waals surface area contributed by atoms with Gasteiger partial charge >= 0.3 is 0 Å². The number of anilines is 1. The zero-order valence-electron chi connectivity index (χ0n) is 16.0. The normalized spacial score (nSPS) is 16.8. The number of carbonyl (C=O) groups is 1. The molecule has 0 saturated carbocycles. The van der Waals surface area contributed by atoms with E-state index in [2.05, 4.69) is 5.32 Å². The Morgan fingerprint density at radius 1 is 1.29 bits per heavy atom. The average molecular weight is 424 g/mol. The van der Waals surface area contributed by atoms with Gasteiger partial charge in [0.2, 0.25) is 15.9 Å². The Hall–Kier alpha value is -1.78. The van der Waals surface area contributed by atoms with Crippen molar-refractivity contribution in [3.8, 4) is 0 Å². The lowest BCUT2D eigenvalue weighted by Crippen LogP contribution is -2.40. The zero-order chi connectivity index (χ0) is 20.1. The van der Waals surface area contributed by atoms with Crippen molar-refractivity contribution in [3.05, 3.63) is 46.7 Å². The van der Waals surface area contributed by atoms with E-state index < -0.39 is 10.0 Å². The van der Waals surface area contributed by atoms with Crippen molar-refractivity contribution >= 4 is 33.0 Å². The number of amides is 1. The Balaban J connectivity index is 1.67. The number of sulfonamides is 1. The van der Waals surface area contributed by atoms with Crippen LogP contribution in [0.4, 0.5) is 5.69 Å². The second-order valence-electron chi connectivity index (χ2n) is 6.70. The predicted molar refractivity (Wildman–Crippen MR) is 110 cm³/mol. The molecular weight excluding hydrogens is 398 g/mol. The highest BCUT2D eigenvalue weighted by Crippen LogP contribution is 2.21. The molecule has 2 heterocycles. The predicted octanol–water partition coefficient (Wildman–Crippen LogP) is 2.23. The lowest BCUT2D eigenvalue weighted by Gasteiger charge is -2.26. The van der Waals surface area contributed by atoms with E-state index in [1.165, 1.54) is 15.2 Å². The van der Waals surface area contributed by atoms with Crippen LogP contribution in [-0.4, -0.2) is 62.9 Å². The molecule has 1 amide bonds. The smallest absolute Gasteiger partial charge is 0.243 e. The summed E-state index contributed by atoms with van der Waals surface area (Å²) >= 11 is 1.65. The van der Waals surface area contributed by atoms with Crippen molar-refractivity contribution in [2.45, 2.75) is 24.4 Å². The fraction of sp³-hybridized carbons (Fsp3) is 0.421. The Kier molecular flexibility index (Phi) is 6.84. The summed E-state index contributed by atoms with van der Waals surface area (Å²) in [5, 5.41) is 4.84. The van der Waals surface area contributed by atoms with Crippen LogP contribution in [-0.2, 0) is 26.1 Å². The quantitative estimate of drug-likeness (QED) is 0.739. The van der Waals surface area contributed by atoms with Gasteiger partial charge in [-0.25, -0.2) is 8.42 Å². The van der Waals surface area contributed by atoms with Gasteiger partial charge in [-0.05, 0) is 43.6 Å². The van der Waals surface area contributed by atoms with Crippen molar-refractivity contribution < 1.29 is 17.9 Å². The first-order valence-corrected chi connectivity index (χ1v) is 11.4. The number of hydrogen-bond donors (Lipinski definition) is 1. The number of rotatable bonds is 7. The Bertz CT molecular complexity index is 894. The molecule has 1 saturated heterocycles. The molecular formula is C19H25N3O4S2. The molecule has 1 N–H and O–H groups in total. The number of benzene rings is 1. The molecule has 152 valence electrons. The molecule has 28 heavy (non-hydrogen) atoms. The second-order valence-corrected chi connectivity index (χ2v) is 9.67. The second kappa shape index (κ2) is 9.15. The molecule has 2 aromatic rings. The zero-order valence-corrected chi connectivity index (χ0v) is 17.6. The highest BCUT2D eigenvalue weighted by atomic mass is 32.2. The summed E-state index contributed by atoms with van der Waals surface area (Å²) in [7, 11) is -1.71. The summed E-state index contributed by atoms with van der Waals surface area (Å²) < 4.78 is 32.2. The van der Waals surface area contributed by atoms with Crippen LogP contribution in [0.2, 0.25) is 0 Å². The van der Waals surface area contributed by atoms with E-state index >= 15 is 0 Å². The van der Waals surface area contributed by atoms with Crippen LogP contribution in [0.5, 0.6) is 0 Å². The number of thiophene rings is 1. The molecule has 7 nitrogen and oxygen atoms in total. The molecule has 1 aromatic heterocycles.